The SMILES string of the molecule is Cc1nc2ccc(C(=O)O)cc2n1C1CCS(=O)(=O)C1. The molecule has 1 aromatic carbocycles. The van der Waals surface area contributed by atoms with Gasteiger partial charge in [-0.3, -0.25) is 0 Å². The summed E-state index contributed by atoms with van der Waals surface area (Å²) in [6, 6.07) is 4.57. The van der Waals surface area contributed by atoms with Crippen LogP contribution in [0.4, 0.5) is 0 Å². The Balaban J connectivity index is 2.17. The van der Waals surface area contributed by atoms with Crippen LogP contribution in [-0.4, -0.2) is 40.6 Å². The van der Waals surface area contributed by atoms with E-state index in [0.29, 0.717) is 23.3 Å². The summed E-state index contributed by atoms with van der Waals surface area (Å²) in [4.78, 5) is 15.4. The van der Waals surface area contributed by atoms with Crippen LogP contribution < -0.4 is 0 Å². The maximum Gasteiger partial charge on any atom is 0.335 e. The summed E-state index contributed by atoms with van der Waals surface area (Å²) in [5.41, 5.74) is 1.56. The minimum Gasteiger partial charge on any atom is -0.478 e. The van der Waals surface area contributed by atoms with Crippen LogP contribution in [0.1, 0.15) is 28.6 Å². The molecule has 6 nitrogen and oxygen atoms in total. The number of aromatic carboxylic acids is 1. The highest BCUT2D eigenvalue weighted by Crippen LogP contribution is 2.29. The number of nitrogens with zero attached hydrogens (tertiary/aromatic N) is 2. The fraction of sp³-hybridized carbons (Fsp3) is 0.385. The number of benzene rings is 1. The van der Waals surface area contributed by atoms with Gasteiger partial charge in [-0.05, 0) is 31.5 Å². The van der Waals surface area contributed by atoms with Gasteiger partial charge in [-0.1, -0.05) is 0 Å². The van der Waals surface area contributed by atoms with Crippen LogP contribution in [0.3, 0.4) is 0 Å². The van der Waals surface area contributed by atoms with Crippen molar-refractivity contribution in [2.45, 2.75) is 19.4 Å². The van der Waals surface area contributed by atoms with Crippen molar-refractivity contribution in [2.75, 3.05) is 11.5 Å². The van der Waals surface area contributed by atoms with E-state index in [1.54, 1.807) is 12.1 Å². The summed E-state index contributed by atoms with van der Waals surface area (Å²) in [5.74, 6) is -0.0209. The van der Waals surface area contributed by atoms with Crippen LogP contribution in [0, 0.1) is 6.92 Å². The summed E-state index contributed by atoms with van der Waals surface area (Å²) >= 11 is 0. The van der Waals surface area contributed by atoms with E-state index in [1.807, 2.05) is 11.5 Å². The van der Waals surface area contributed by atoms with Crippen LogP contribution in [0.2, 0.25) is 0 Å². The van der Waals surface area contributed by atoms with Gasteiger partial charge in [0.25, 0.3) is 0 Å². The standard InChI is InChI=1S/C13H14N2O4S/c1-8-14-11-3-2-9(13(16)17)6-12(11)15(8)10-4-5-20(18,19)7-10/h2-3,6,10H,4-5,7H2,1H3,(H,16,17). The van der Waals surface area contributed by atoms with Crippen LogP contribution in [0.25, 0.3) is 11.0 Å². The van der Waals surface area contributed by atoms with Gasteiger partial charge >= 0.3 is 5.97 Å². The van der Waals surface area contributed by atoms with Crippen molar-refractivity contribution >= 4 is 26.8 Å². The first kappa shape index (κ1) is 13.1. The third kappa shape index (κ3) is 2.07. The van der Waals surface area contributed by atoms with Gasteiger partial charge in [0.15, 0.2) is 9.84 Å². The predicted octanol–water partition coefficient (Wildman–Crippen LogP) is 1.40. The molecular formula is C13H14N2O4S. The topological polar surface area (TPSA) is 89.3 Å². The van der Waals surface area contributed by atoms with Gasteiger partial charge in [-0.15, -0.1) is 0 Å². The van der Waals surface area contributed by atoms with Crippen LogP contribution >= 0.6 is 0 Å². The zero-order chi connectivity index (χ0) is 14.5. The molecule has 20 heavy (non-hydrogen) atoms. The molecule has 1 aromatic heterocycles. The Kier molecular flexibility index (Phi) is 2.82. The van der Waals surface area contributed by atoms with Gasteiger partial charge in [-0.2, -0.15) is 0 Å². The lowest BCUT2D eigenvalue weighted by Crippen LogP contribution is -2.12. The molecule has 3 rings (SSSR count). The van der Waals surface area contributed by atoms with E-state index in [-0.39, 0.29) is 23.1 Å². The molecule has 2 heterocycles. The number of sulfone groups is 1. The van der Waals surface area contributed by atoms with E-state index < -0.39 is 15.8 Å². The van der Waals surface area contributed by atoms with Gasteiger partial charge in [-0.25, -0.2) is 18.2 Å². The van der Waals surface area contributed by atoms with Crippen molar-refractivity contribution < 1.29 is 18.3 Å². The Morgan fingerprint density at radius 3 is 2.80 bits per heavy atom. The number of carboxylic acids is 1. The number of rotatable bonds is 2. The van der Waals surface area contributed by atoms with Gasteiger partial charge in [0, 0.05) is 0 Å². The first-order valence-corrected chi connectivity index (χ1v) is 8.12. The number of carbonyl (C=O) groups is 1. The van der Waals surface area contributed by atoms with Crippen molar-refractivity contribution in [1.29, 1.82) is 0 Å². The number of imidazole rings is 1. The van der Waals surface area contributed by atoms with E-state index in [2.05, 4.69) is 4.98 Å². The normalized spacial score (nSPS) is 21.4. The fourth-order valence-corrected chi connectivity index (χ4v) is 4.49. The van der Waals surface area contributed by atoms with Crippen LogP contribution in [0.5, 0.6) is 0 Å². The van der Waals surface area contributed by atoms with Crippen molar-refractivity contribution in [3.63, 3.8) is 0 Å². The third-order valence-electron chi connectivity index (χ3n) is 3.69. The molecule has 1 N–H and O–H groups in total. The van der Waals surface area contributed by atoms with Crippen molar-refractivity contribution in [3.05, 3.63) is 29.6 Å². The number of hydrogen-bond acceptors (Lipinski definition) is 4. The minimum atomic E-state index is -3.00. The zero-order valence-electron chi connectivity index (χ0n) is 10.9. The van der Waals surface area contributed by atoms with Gasteiger partial charge in [0.05, 0.1) is 34.1 Å². The Morgan fingerprint density at radius 2 is 2.20 bits per heavy atom. The molecule has 7 heteroatoms. The van der Waals surface area contributed by atoms with E-state index in [4.69, 9.17) is 5.11 Å². The molecule has 1 aliphatic heterocycles. The molecule has 1 saturated heterocycles. The number of hydrogen-bond donors (Lipinski definition) is 1. The average molecular weight is 294 g/mol. The van der Waals surface area contributed by atoms with Gasteiger partial charge in [0.2, 0.25) is 0 Å². The molecular weight excluding hydrogens is 280 g/mol. The van der Waals surface area contributed by atoms with Crippen LogP contribution in [0.15, 0.2) is 18.2 Å². The molecule has 2 aromatic rings. The van der Waals surface area contributed by atoms with Crippen molar-refractivity contribution in [3.8, 4) is 0 Å². The Hall–Kier alpha value is -1.89. The third-order valence-corrected chi connectivity index (χ3v) is 5.44. The molecule has 0 aliphatic carbocycles. The zero-order valence-corrected chi connectivity index (χ0v) is 11.7. The number of fused-ring (bicyclic) bond motifs is 1. The molecule has 0 radical (unpaired) electrons. The highest BCUT2D eigenvalue weighted by atomic mass is 32.2. The predicted molar refractivity (Wildman–Crippen MR) is 73.7 cm³/mol. The summed E-state index contributed by atoms with van der Waals surface area (Å²) in [7, 11) is -3.00. The second-order valence-electron chi connectivity index (χ2n) is 5.09. The maximum absolute atomic E-state index is 11.6. The molecule has 1 atom stereocenters. The Bertz CT molecular complexity index is 807. The molecule has 1 unspecified atom stereocenters. The molecule has 0 spiro atoms. The first-order chi connectivity index (χ1) is 9.37. The van der Waals surface area contributed by atoms with E-state index in [1.165, 1.54) is 6.07 Å². The maximum atomic E-state index is 11.6. The number of aromatic nitrogens is 2. The first-order valence-electron chi connectivity index (χ1n) is 6.30. The molecule has 0 saturated carbocycles. The summed E-state index contributed by atoms with van der Waals surface area (Å²) < 4.78 is 25.1. The average Bonchev–Trinajstić information content (AvgIpc) is 2.86. The van der Waals surface area contributed by atoms with Gasteiger partial charge < -0.3 is 9.67 Å². The molecule has 1 fully saturated rings. The minimum absolute atomic E-state index is 0.0938. The summed E-state index contributed by atoms with van der Waals surface area (Å²) in [6.07, 6.45) is 0.548. The lowest BCUT2D eigenvalue weighted by Gasteiger charge is -2.13. The lowest BCUT2D eigenvalue weighted by atomic mass is 10.2. The quantitative estimate of drug-likeness (QED) is 0.904. The van der Waals surface area contributed by atoms with E-state index in [0.717, 1.165) is 0 Å². The molecule has 106 valence electrons. The molecule has 1 aliphatic rings. The highest BCUT2D eigenvalue weighted by Gasteiger charge is 2.31. The monoisotopic (exact) mass is 294 g/mol. The summed E-state index contributed by atoms with van der Waals surface area (Å²) in [6.45, 7) is 1.81. The highest BCUT2D eigenvalue weighted by molar-refractivity contribution is 7.91. The van der Waals surface area contributed by atoms with Crippen molar-refractivity contribution in [2.24, 2.45) is 0 Å². The van der Waals surface area contributed by atoms with Crippen molar-refractivity contribution in [1.82, 2.24) is 9.55 Å². The summed E-state index contributed by atoms with van der Waals surface area (Å²) in [5, 5.41) is 9.06. The lowest BCUT2D eigenvalue weighted by molar-refractivity contribution is 0.0697. The Morgan fingerprint density at radius 1 is 1.45 bits per heavy atom. The number of carboxylic acid groups (broad SMARTS) is 1. The van der Waals surface area contributed by atoms with E-state index >= 15 is 0 Å². The molecule has 0 bridgehead atoms. The molecule has 0 amide bonds. The second-order valence-corrected chi connectivity index (χ2v) is 7.32. The number of aryl methyl sites for hydroxylation is 1. The van der Waals surface area contributed by atoms with Gasteiger partial charge in [0.1, 0.15) is 5.82 Å². The second kappa shape index (κ2) is 4.31. The van der Waals surface area contributed by atoms with Crippen LogP contribution in [-0.2, 0) is 9.84 Å². The van der Waals surface area contributed by atoms with E-state index in [9.17, 15) is 13.2 Å². The largest absolute Gasteiger partial charge is 0.478 e. The Labute approximate surface area is 116 Å². The fourth-order valence-electron chi connectivity index (χ4n) is 2.79. The smallest absolute Gasteiger partial charge is 0.335 e.